The lowest BCUT2D eigenvalue weighted by Gasteiger charge is -2.16. The van der Waals surface area contributed by atoms with Crippen molar-refractivity contribution in [1.29, 1.82) is 0 Å². The molecule has 0 radical (unpaired) electrons. The second kappa shape index (κ2) is 6.46. The summed E-state index contributed by atoms with van der Waals surface area (Å²) in [4.78, 5) is 11.4. The highest BCUT2D eigenvalue weighted by Crippen LogP contribution is 2.27. The zero-order valence-electron chi connectivity index (χ0n) is 12.7. The van der Waals surface area contributed by atoms with Gasteiger partial charge in [0.05, 0.1) is 6.10 Å². The molecule has 0 amide bonds. The molecule has 6 nitrogen and oxygen atoms in total. The molecule has 0 spiro atoms. The molecule has 0 aliphatic heterocycles. The van der Waals surface area contributed by atoms with Gasteiger partial charge < -0.3 is 15.0 Å². The Balaban J connectivity index is 1.54. The number of aliphatic hydroxyl groups excluding tert-OH is 1. The summed E-state index contributed by atoms with van der Waals surface area (Å²) in [7, 11) is 1.75. The predicted octanol–water partition coefficient (Wildman–Crippen LogP) is 0.511. The fourth-order valence-corrected chi connectivity index (χ4v) is 3.16. The molecule has 0 aromatic carbocycles. The average molecular weight is 302 g/mol. The number of aromatic nitrogens is 3. The highest BCUT2D eigenvalue weighted by Gasteiger charge is 2.32. The standard InChI is InChI=1S/C16H22N4O2/c1-19-10-12(3-4-16(19)22)9-17-14-7-13(8-15(14)21)11-20-6-2-5-18-20/h2-6,10,13-15,17,21H,7-9,11H2,1H3/t13?,14-,15-/m1/s1. The van der Waals surface area contributed by atoms with Crippen LogP contribution in [0.25, 0.3) is 0 Å². The van der Waals surface area contributed by atoms with Crippen molar-refractivity contribution in [3.05, 3.63) is 52.7 Å². The molecule has 22 heavy (non-hydrogen) atoms. The first-order valence-electron chi connectivity index (χ1n) is 7.66. The number of pyridine rings is 1. The van der Waals surface area contributed by atoms with Crippen LogP contribution in [0.5, 0.6) is 0 Å². The van der Waals surface area contributed by atoms with Crippen molar-refractivity contribution in [2.24, 2.45) is 13.0 Å². The fourth-order valence-electron chi connectivity index (χ4n) is 3.16. The second-order valence-corrected chi connectivity index (χ2v) is 6.11. The highest BCUT2D eigenvalue weighted by molar-refractivity contribution is 5.10. The minimum Gasteiger partial charge on any atom is -0.391 e. The summed E-state index contributed by atoms with van der Waals surface area (Å²) in [6.07, 6.45) is 6.97. The molecule has 3 rings (SSSR count). The molecule has 0 saturated heterocycles. The largest absolute Gasteiger partial charge is 0.391 e. The maximum atomic E-state index is 11.4. The van der Waals surface area contributed by atoms with Crippen LogP contribution in [0.15, 0.2) is 41.6 Å². The Labute approximate surface area is 129 Å². The zero-order chi connectivity index (χ0) is 15.5. The van der Waals surface area contributed by atoms with Gasteiger partial charge in [-0.2, -0.15) is 5.10 Å². The topological polar surface area (TPSA) is 72.1 Å². The van der Waals surface area contributed by atoms with E-state index in [0.29, 0.717) is 12.5 Å². The van der Waals surface area contributed by atoms with Crippen molar-refractivity contribution < 1.29 is 5.11 Å². The van der Waals surface area contributed by atoms with Gasteiger partial charge in [0.1, 0.15) is 0 Å². The number of aryl methyl sites for hydroxylation is 1. The van der Waals surface area contributed by atoms with Crippen molar-refractivity contribution in [3.63, 3.8) is 0 Å². The molecular weight excluding hydrogens is 280 g/mol. The number of nitrogens with zero attached hydrogens (tertiary/aromatic N) is 3. The number of rotatable bonds is 5. The Bertz CT molecular complexity index is 665. The molecule has 2 aromatic heterocycles. The third-order valence-corrected chi connectivity index (χ3v) is 4.35. The maximum absolute atomic E-state index is 11.4. The third kappa shape index (κ3) is 3.45. The van der Waals surface area contributed by atoms with Gasteiger partial charge in [-0.1, -0.05) is 6.07 Å². The number of hydrogen-bond acceptors (Lipinski definition) is 4. The number of nitrogens with one attached hydrogen (secondary N) is 1. The molecule has 1 saturated carbocycles. The Kier molecular flexibility index (Phi) is 4.40. The van der Waals surface area contributed by atoms with Crippen molar-refractivity contribution in [1.82, 2.24) is 19.7 Å². The van der Waals surface area contributed by atoms with E-state index < -0.39 is 0 Å². The van der Waals surface area contributed by atoms with Crippen LogP contribution in [0.2, 0.25) is 0 Å². The van der Waals surface area contributed by atoms with E-state index in [1.54, 1.807) is 23.9 Å². The molecular formula is C16H22N4O2. The SMILES string of the molecule is Cn1cc(CN[C@@H]2CC(Cn3cccn3)C[C@H]2O)ccc1=O. The van der Waals surface area contributed by atoms with Crippen LogP contribution < -0.4 is 10.9 Å². The summed E-state index contributed by atoms with van der Waals surface area (Å²) < 4.78 is 3.50. The first kappa shape index (κ1) is 15.0. The van der Waals surface area contributed by atoms with Gasteiger partial charge in [0.25, 0.3) is 0 Å². The van der Waals surface area contributed by atoms with Gasteiger partial charge in [-0.25, -0.2) is 0 Å². The summed E-state index contributed by atoms with van der Waals surface area (Å²) >= 11 is 0. The minimum atomic E-state index is -0.326. The normalized spacial score (nSPS) is 24.7. The Hall–Kier alpha value is -1.92. The third-order valence-electron chi connectivity index (χ3n) is 4.35. The Morgan fingerprint density at radius 2 is 2.27 bits per heavy atom. The van der Waals surface area contributed by atoms with Crippen LogP contribution in [0.4, 0.5) is 0 Å². The maximum Gasteiger partial charge on any atom is 0.250 e. The molecule has 118 valence electrons. The van der Waals surface area contributed by atoms with Crippen LogP contribution in [0.1, 0.15) is 18.4 Å². The van der Waals surface area contributed by atoms with E-state index in [2.05, 4.69) is 10.4 Å². The van der Waals surface area contributed by atoms with Crippen LogP contribution in [-0.2, 0) is 20.1 Å². The summed E-state index contributed by atoms with van der Waals surface area (Å²) in [5, 5.41) is 17.8. The smallest absolute Gasteiger partial charge is 0.250 e. The van der Waals surface area contributed by atoms with Crippen LogP contribution in [0, 0.1) is 5.92 Å². The minimum absolute atomic E-state index is 0.0102. The van der Waals surface area contributed by atoms with E-state index in [0.717, 1.165) is 24.9 Å². The lowest BCUT2D eigenvalue weighted by atomic mass is 10.1. The van der Waals surface area contributed by atoms with Gasteiger partial charge >= 0.3 is 0 Å². The fraction of sp³-hybridized carbons (Fsp3) is 0.500. The van der Waals surface area contributed by atoms with Crippen LogP contribution >= 0.6 is 0 Å². The van der Waals surface area contributed by atoms with Crippen LogP contribution in [0.3, 0.4) is 0 Å². The van der Waals surface area contributed by atoms with Crippen LogP contribution in [-0.4, -0.2) is 31.6 Å². The molecule has 1 fully saturated rings. The Morgan fingerprint density at radius 1 is 1.41 bits per heavy atom. The molecule has 1 unspecified atom stereocenters. The lowest BCUT2D eigenvalue weighted by molar-refractivity contribution is 0.145. The summed E-state index contributed by atoms with van der Waals surface area (Å²) in [5.41, 5.74) is 1.04. The van der Waals surface area contributed by atoms with E-state index in [4.69, 9.17) is 0 Å². The monoisotopic (exact) mass is 302 g/mol. The molecule has 1 aliphatic carbocycles. The first-order valence-corrected chi connectivity index (χ1v) is 7.66. The zero-order valence-corrected chi connectivity index (χ0v) is 12.7. The highest BCUT2D eigenvalue weighted by atomic mass is 16.3. The average Bonchev–Trinajstić information content (AvgIpc) is 3.11. The molecule has 2 N–H and O–H groups in total. The van der Waals surface area contributed by atoms with Gasteiger partial charge in [-0.05, 0) is 30.4 Å². The lowest BCUT2D eigenvalue weighted by Crippen LogP contribution is -2.35. The van der Waals surface area contributed by atoms with Gasteiger partial charge in [0, 0.05) is 50.8 Å². The van der Waals surface area contributed by atoms with Gasteiger partial charge in [0.15, 0.2) is 0 Å². The number of aliphatic hydroxyl groups is 1. The molecule has 6 heteroatoms. The van der Waals surface area contributed by atoms with E-state index in [-0.39, 0.29) is 17.7 Å². The molecule has 1 aliphatic rings. The van der Waals surface area contributed by atoms with E-state index in [1.165, 1.54) is 0 Å². The number of hydrogen-bond donors (Lipinski definition) is 2. The summed E-state index contributed by atoms with van der Waals surface area (Å²) in [6, 6.07) is 5.42. The van der Waals surface area contributed by atoms with Crippen molar-refractivity contribution in [2.75, 3.05) is 0 Å². The van der Waals surface area contributed by atoms with Crippen molar-refractivity contribution >= 4 is 0 Å². The van der Waals surface area contributed by atoms with E-state index in [9.17, 15) is 9.90 Å². The Morgan fingerprint density at radius 3 is 3.00 bits per heavy atom. The first-order chi connectivity index (χ1) is 10.6. The quantitative estimate of drug-likeness (QED) is 0.844. The van der Waals surface area contributed by atoms with Gasteiger partial charge in [-0.3, -0.25) is 9.48 Å². The van der Waals surface area contributed by atoms with E-state index >= 15 is 0 Å². The van der Waals surface area contributed by atoms with Crippen molar-refractivity contribution in [3.8, 4) is 0 Å². The molecule has 3 atom stereocenters. The van der Waals surface area contributed by atoms with Gasteiger partial charge in [-0.15, -0.1) is 0 Å². The predicted molar refractivity (Wildman–Crippen MR) is 83.3 cm³/mol. The molecule has 2 heterocycles. The van der Waals surface area contributed by atoms with Gasteiger partial charge in [0.2, 0.25) is 5.56 Å². The second-order valence-electron chi connectivity index (χ2n) is 6.11. The molecule has 2 aromatic rings. The van der Waals surface area contributed by atoms with E-state index in [1.807, 2.05) is 29.2 Å². The molecule has 0 bridgehead atoms. The summed E-state index contributed by atoms with van der Waals surface area (Å²) in [5.74, 6) is 0.438. The summed E-state index contributed by atoms with van der Waals surface area (Å²) in [6.45, 7) is 1.51. The van der Waals surface area contributed by atoms with Crippen molar-refractivity contribution in [2.45, 2.75) is 38.1 Å².